The van der Waals surface area contributed by atoms with Crippen LogP contribution in [0, 0.1) is 46.3 Å². The van der Waals surface area contributed by atoms with Crippen LogP contribution in [0.25, 0.3) is 0 Å². The van der Waals surface area contributed by atoms with Crippen LogP contribution < -0.4 is 0 Å². The van der Waals surface area contributed by atoms with E-state index in [-0.39, 0.29) is 6.10 Å². The third-order valence-electron chi connectivity index (χ3n) is 10.0. The molecule has 0 aliphatic heterocycles. The molecule has 0 heterocycles. The van der Waals surface area contributed by atoms with Gasteiger partial charge >= 0.3 is 0 Å². The minimum Gasteiger partial charge on any atom is -0.393 e. The van der Waals surface area contributed by atoms with Crippen molar-refractivity contribution in [2.24, 2.45) is 46.3 Å². The van der Waals surface area contributed by atoms with Gasteiger partial charge in [-0.25, -0.2) is 0 Å². The number of aliphatic hydroxyl groups excluding tert-OH is 1. The Morgan fingerprint density at radius 1 is 0.917 bits per heavy atom. The molecule has 0 aromatic heterocycles. The Labute approximate surface area is 150 Å². The highest BCUT2D eigenvalue weighted by atomic mass is 16.3. The van der Waals surface area contributed by atoms with E-state index in [1.54, 1.807) is 0 Å². The second-order valence-electron chi connectivity index (χ2n) is 10.7. The van der Waals surface area contributed by atoms with Crippen molar-refractivity contribution in [1.29, 1.82) is 0 Å². The van der Waals surface area contributed by atoms with Crippen molar-refractivity contribution in [2.75, 3.05) is 0 Å². The quantitative estimate of drug-likeness (QED) is 0.652. The van der Waals surface area contributed by atoms with Gasteiger partial charge in [0.2, 0.25) is 0 Å². The summed E-state index contributed by atoms with van der Waals surface area (Å²) in [7, 11) is 0. The molecule has 0 saturated heterocycles. The molecule has 4 fully saturated rings. The van der Waals surface area contributed by atoms with Crippen LogP contribution in [-0.4, -0.2) is 11.2 Å². The second-order valence-corrected chi connectivity index (χ2v) is 10.7. The SMILES string of the molecule is CC[C@@H](C)[C@H]1CCC2[C@@H]3CCC4C[C@H](O)CC[C@]4(C)C3CC[C@@]21C. The van der Waals surface area contributed by atoms with Gasteiger partial charge in [-0.05, 0) is 104 Å². The maximum Gasteiger partial charge on any atom is 0.0543 e. The topological polar surface area (TPSA) is 20.2 Å². The van der Waals surface area contributed by atoms with Gasteiger partial charge in [0.25, 0.3) is 0 Å². The van der Waals surface area contributed by atoms with Crippen molar-refractivity contribution in [3.63, 3.8) is 0 Å². The van der Waals surface area contributed by atoms with Crippen molar-refractivity contribution in [3.05, 3.63) is 0 Å². The first-order valence-electron chi connectivity index (χ1n) is 11.1. The second kappa shape index (κ2) is 6.00. The maximum absolute atomic E-state index is 10.2. The highest BCUT2D eigenvalue weighted by molar-refractivity contribution is 5.09. The molecular formula is C23H40O. The lowest BCUT2D eigenvalue weighted by atomic mass is 9.44. The molecule has 1 heteroatoms. The Kier molecular flexibility index (Phi) is 4.34. The van der Waals surface area contributed by atoms with E-state index in [9.17, 15) is 5.11 Å². The Morgan fingerprint density at radius 2 is 1.62 bits per heavy atom. The van der Waals surface area contributed by atoms with E-state index >= 15 is 0 Å². The van der Waals surface area contributed by atoms with E-state index in [2.05, 4.69) is 27.7 Å². The smallest absolute Gasteiger partial charge is 0.0543 e. The molecule has 9 atom stereocenters. The highest BCUT2D eigenvalue weighted by Crippen LogP contribution is 2.68. The normalized spacial score (nSPS) is 55.4. The molecule has 24 heavy (non-hydrogen) atoms. The number of aliphatic hydroxyl groups is 1. The van der Waals surface area contributed by atoms with E-state index in [1.165, 1.54) is 51.4 Å². The van der Waals surface area contributed by atoms with Crippen LogP contribution in [0.2, 0.25) is 0 Å². The summed E-state index contributed by atoms with van der Waals surface area (Å²) in [6, 6.07) is 0. The fraction of sp³-hybridized carbons (Fsp3) is 1.00. The molecule has 1 nitrogen and oxygen atoms in total. The first-order chi connectivity index (χ1) is 11.4. The first-order valence-corrected chi connectivity index (χ1v) is 11.1. The molecule has 0 bridgehead atoms. The van der Waals surface area contributed by atoms with Crippen molar-refractivity contribution in [3.8, 4) is 0 Å². The summed E-state index contributed by atoms with van der Waals surface area (Å²) < 4.78 is 0. The van der Waals surface area contributed by atoms with Crippen LogP contribution in [0.15, 0.2) is 0 Å². The van der Waals surface area contributed by atoms with E-state index in [1.807, 2.05) is 0 Å². The average Bonchev–Trinajstić information content (AvgIpc) is 2.92. The average molecular weight is 333 g/mol. The van der Waals surface area contributed by atoms with Crippen LogP contribution in [0.5, 0.6) is 0 Å². The lowest BCUT2D eigenvalue weighted by Gasteiger charge is -2.61. The third-order valence-corrected chi connectivity index (χ3v) is 10.0. The molecule has 4 saturated carbocycles. The monoisotopic (exact) mass is 332 g/mol. The molecule has 0 radical (unpaired) electrons. The molecule has 3 unspecified atom stereocenters. The molecular weight excluding hydrogens is 292 g/mol. The predicted octanol–water partition coefficient (Wildman–Crippen LogP) is 6.05. The molecule has 0 amide bonds. The largest absolute Gasteiger partial charge is 0.393 e. The number of rotatable bonds is 2. The van der Waals surface area contributed by atoms with Gasteiger partial charge in [-0.1, -0.05) is 34.1 Å². The molecule has 4 rings (SSSR count). The number of fused-ring (bicyclic) bond motifs is 5. The minimum atomic E-state index is -0.00486. The lowest BCUT2D eigenvalue weighted by Crippen LogP contribution is -2.54. The summed E-state index contributed by atoms with van der Waals surface area (Å²) in [5.41, 5.74) is 1.17. The maximum atomic E-state index is 10.2. The van der Waals surface area contributed by atoms with Gasteiger partial charge < -0.3 is 5.11 Å². The van der Waals surface area contributed by atoms with Gasteiger partial charge in [-0.2, -0.15) is 0 Å². The first kappa shape index (κ1) is 17.4. The number of hydrogen-bond acceptors (Lipinski definition) is 1. The zero-order valence-corrected chi connectivity index (χ0v) is 16.6. The molecule has 4 aliphatic carbocycles. The Bertz CT molecular complexity index is 473. The summed E-state index contributed by atoms with van der Waals surface area (Å²) in [6.07, 6.45) is 13.6. The van der Waals surface area contributed by atoms with Gasteiger partial charge in [0.05, 0.1) is 6.10 Å². The summed E-state index contributed by atoms with van der Waals surface area (Å²) in [6.45, 7) is 10.2. The summed E-state index contributed by atoms with van der Waals surface area (Å²) >= 11 is 0. The van der Waals surface area contributed by atoms with Crippen molar-refractivity contribution < 1.29 is 5.11 Å². The lowest BCUT2D eigenvalue weighted by molar-refractivity contribution is -0.129. The van der Waals surface area contributed by atoms with Crippen LogP contribution >= 0.6 is 0 Å². The predicted molar refractivity (Wildman–Crippen MR) is 101 cm³/mol. The van der Waals surface area contributed by atoms with Gasteiger partial charge in [0.1, 0.15) is 0 Å². The molecule has 1 N–H and O–H groups in total. The third kappa shape index (κ3) is 2.36. The summed E-state index contributed by atoms with van der Waals surface area (Å²) in [5.74, 6) is 5.64. The number of hydrogen-bond donors (Lipinski definition) is 1. The zero-order valence-electron chi connectivity index (χ0n) is 16.6. The summed E-state index contributed by atoms with van der Waals surface area (Å²) in [5, 5.41) is 10.2. The van der Waals surface area contributed by atoms with E-state index in [4.69, 9.17) is 0 Å². The van der Waals surface area contributed by atoms with Gasteiger partial charge in [-0.15, -0.1) is 0 Å². The van der Waals surface area contributed by atoms with E-state index in [0.717, 1.165) is 48.3 Å². The standard InChI is InChI=1S/C23H40O/c1-5-15(2)19-8-9-20-18-7-6-16-14-17(24)10-12-22(16,3)21(18)11-13-23(19,20)4/h15-21,24H,5-14H2,1-4H3/t15-,16?,17-,18+,19-,20?,21?,22+,23-/m1/s1. The van der Waals surface area contributed by atoms with Gasteiger partial charge in [-0.3, -0.25) is 0 Å². The molecule has 0 aromatic carbocycles. The fourth-order valence-electron chi connectivity index (χ4n) is 8.50. The van der Waals surface area contributed by atoms with Crippen molar-refractivity contribution in [2.45, 2.75) is 98.0 Å². The Morgan fingerprint density at radius 3 is 2.38 bits per heavy atom. The zero-order chi connectivity index (χ0) is 17.1. The Hall–Kier alpha value is -0.0400. The molecule has 138 valence electrons. The van der Waals surface area contributed by atoms with E-state index < -0.39 is 0 Å². The van der Waals surface area contributed by atoms with Crippen LogP contribution in [0.4, 0.5) is 0 Å². The summed E-state index contributed by atoms with van der Waals surface area (Å²) in [4.78, 5) is 0. The van der Waals surface area contributed by atoms with E-state index in [0.29, 0.717) is 10.8 Å². The molecule has 0 spiro atoms. The Balaban J connectivity index is 1.59. The fourth-order valence-corrected chi connectivity index (χ4v) is 8.50. The van der Waals surface area contributed by atoms with Crippen LogP contribution in [0.3, 0.4) is 0 Å². The highest BCUT2D eigenvalue weighted by Gasteiger charge is 2.60. The molecule has 4 aliphatic rings. The minimum absolute atomic E-state index is 0.00486. The van der Waals surface area contributed by atoms with Gasteiger partial charge in [0, 0.05) is 0 Å². The van der Waals surface area contributed by atoms with Crippen LogP contribution in [0.1, 0.15) is 91.9 Å². The van der Waals surface area contributed by atoms with Crippen molar-refractivity contribution in [1.82, 2.24) is 0 Å². The van der Waals surface area contributed by atoms with Crippen molar-refractivity contribution >= 4 is 0 Å². The van der Waals surface area contributed by atoms with Gasteiger partial charge in [0.15, 0.2) is 0 Å². The van der Waals surface area contributed by atoms with Crippen LogP contribution in [-0.2, 0) is 0 Å². The molecule has 0 aromatic rings.